The van der Waals surface area contributed by atoms with Crippen LogP contribution in [0.15, 0.2) is 76.8 Å². The molecule has 57 heavy (non-hydrogen) atoms. The maximum Gasteiger partial charge on any atom is 0.422 e. The van der Waals surface area contributed by atoms with Crippen LogP contribution in [0, 0.1) is 5.41 Å². The molecule has 7 rings (SSSR count). The second kappa shape index (κ2) is 15.7. The first kappa shape index (κ1) is 39.0. The number of aromatic nitrogens is 5. The summed E-state index contributed by atoms with van der Waals surface area (Å²) < 4.78 is 45.7. The molecule has 6 N–H and O–H groups in total. The topological polar surface area (TPSA) is 214 Å². The lowest BCUT2D eigenvalue weighted by molar-refractivity contribution is -0.154. The molecule has 0 aliphatic heterocycles. The Morgan fingerprint density at radius 3 is 2.23 bits per heavy atom. The van der Waals surface area contributed by atoms with E-state index < -0.39 is 53.1 Å². The molecule has 5 aromatic rings. The molecule has 1 amide bonds. The molecule has 0 spiro atoms. The highest BCUT2D eigenvalue weighted by Gasteiger charge is 2.45. The molecular weight excluding hydrogens is 773 g/mol. The second-order valence-electron chi connectivity index (χ2n) is 14.2. The van der Waals surface area contributed by atoms with E-state index >= 15 is 0 Å². The lowest BCUT2D eigenvalue weighted by Gasteiger charge is -2.21. The number of nitrogens with zero attached hydrogens (tertiary/aromatic N) is 5. The summed E-state index contributed by atoms with van der Waals surface area (Å²) >= 11 is 6.03. The van der Waals surface area contributed by atoms with Crippen LogP contribution in [0.2, 0.25) is 5.02 Å². The number of carbonyl (C=O) groups is 2. The Balaban J connectivity index is 0.950. The minimum absolute atomic E-state index is 0.0297. The Kier molecular flexibility index (Phi) is 10.8. The van der Waals surface area contributed by atoms with Crippen molar-refractivity contribution in [1.29, 1.82) is 0 Å². The summed E-state index contributed by atoms with van der Waals surface area (Å²) in [7, 11) is 0. The molecule has 2 aromatic heterocycles. The van der Waals surface area contributed by atoms with Gasteiger partial charge in [0.2, 0.25) is 11.9 Å². The standard InChI is InChI=1S/C37H36ClF3N10O6/c38-23-5-3-22(4-6-23)36(12-13-36)50-33-47-32(48-34(49-33)57-19-37(39,40)41)45-24-7-1-21(2-8-24)30(54)46-25(31(55)56)9-14-43-26-27(29(53)28(26)52)44-17-35(10-11-35)18-51-16-15-42-20-51/h1-8,15-16,20,25,43-44H,9-14,17-19H2,(H,46,54)(H,55,56)(H2,45,47,48,49,50). The second-order valence-corrected chi connectivity index (χ2v) is 14.6. The summed E-state index contributed by atoms with van der Waals surface area (Å²) in [6.07, 6.45) is 3.82. The van der Waals surface area contributed by atoms with Crippen LogP contribution in [0.25, 0.3) is 0 Å². The molecule has 0 saturated heterocycles. The zero-order valence-corrected chi connectivity index (χ0v) is 30.8. The predicted octanol–water partition coefficient (Wildman–Crippen LogP) is 4.68. The number of aliphatic carboxylic acids is 1. The van der Waals surface area contributed by atoms with E-state index in [9.17, 15) is 37.5 Å². The van der Waals surface area contributed by atoms with E-state index in [0.29, 0.717) is 36.6 Å². The molecule has 20 heteroatoms. The fourth-order valence-electron chi connectivity index (χ4n) is 6.29. The minimum Gasteiger partial charge on any atom is -0.480 e. The summed E-state index contributed by atoms with van der Waals surface area (Å²) in [5.41, 5.74) is -0.420. The molecule has 0 bridgehead atoms. The maximum absolute atomic E-state index is 13.1. The number of anilines is 5. The molecule has 16 nitrogen and oxygen atoms in total. The molecule has 2 fully saturated rings. The van der Waals surface area contributed by atoms with Gasteiger partial charge < -0.3 is 41.0 Å². The van der Waals surface area contributed by atoms with Crippen molar-refractivity contribution < 1.29 is 32.6 Å². The summed E-state index contributed by atoms with van der Waals surface area (Å²) in [5, 5.41) is 24.8. The summed E-state index contributed by atoms with van der Waals surface area (Å²) in [6.45, 7) is -0.466. The lowest BCUT2D eigenvalue weighted by atomic mass is 10.1. The number of benzene rings is 2. The van der Waals surface area contributed by atoms with Gasteiger partial charge in [0.15, 0.2) is 6.61 Å². The van der Waals surface area contributed by atoms with E-state index in [4.69, 9.17) is 16.3 Å². The number of alkyl halides is 3. The largest absolute Gasteiger partial charge is 0.480 e. The number of carboxylic acid groups (broad SMARTS) is 1. The van der Waals surface area contributed by atoms with E-state index in [1.54, 1.807) is 24.7 Å². The van der Waals surface area contributed by atoms with Crippen molar-refractivity contribution in [2.45, 2.75) is 56.4 Å². The summed E-state index contributed by atoms with van der Waals surface area (Å²) in [6, 6.07) is 10.9. The van der Waals surface area contributed by atoms with Gasteiger partial charge >= 0.3 is 18.2 Å². The van der Waals surface area contributed by atoms with E-state index in [0.717, 1.165) is 18.4 Å². The van der Waals surface area contributed by atoms with Gasteiger partial charge in [0.05, 0.1) is 11.9 Å². The first-order valence-electron chi connectivity index (χ1n) is 17.9. The van der Waals surface area contributed by atoms with Crippen molar-refractivity contribution in [3.8, 4) is 6.01 Å². The van der Waals surface area contributed by atoms with Crippen LogP contribution in [0.4, 0.5) is 42.1 Å². The number of carboxylic acids is 1. The maximum atomic E-state index is 13.1. The van der Waals surface area contributed by atoms with Gasteiger partial charge in [-0.2, -0.15) is 28.1 Å². The number of carbonyl (C=O) groups excluding carboxylic acids is 1. The smallest absolute Gasteiger partial charge is 0.422 e. The highest BCUT2D eigenvalue weighted by molar-refractivity contribution is 6.30. The fraction of sp³-hybridized carbons (Fsp3) is 0.351. The molecule has 2 heterocycles. The van der Waals surface area contributed by atoms with Gasteiger partial charge in [0, 0.05) is 53.7 Å². The SMILES string of the molecule is O=C(NC(CCNc1c(NCC2(Cn3ccnc3)CC2)c(=O)c1=O)C(=O)O)c1ccc(Nc2nc(NC3(c4ccc(Cl)cc4)CC3)nc(OCC(F)(F)F)n2)cc1. The van der Waals surface area contributed by atoms with Crippen molar-refractivity contribution in [3.63, 3.8) is 0 Å². The van der Waals surface area contributed by atoms with Crippen LogP contribution >= 0.6 is 11.6 Å². The minimum atomic E-state index is -4.64. The van der Waals surface area contributed by atoms with E-state index in [2.05, 4.69) is 46.5 Å². The first-order valence-corrected chi connectivity index (χ1v) is 18.3. The number of nitrogens with one attached hydrogen (secondary N) is 5. The van der Waals surface area contributed by atoms with Crippen LogP contribution in [0.5, 0.6) is 6.01 Å². The Morgan fingerprint density at radius 1 is 0.930 bits per heavy atom. The van der Waals surface area contributed by atoms with Crippen LogP contribution < -0.4 is 42.2 Å². The number of hydrogen-bond acceptors (Lipinski definition) is 13. The molecule has 2 aliphatic carbocycles. The Labute approximate surface area is 327 Å². The summed E-state index contributed by atoms with van der Waals surface area (Å²) in [4.78, 5) is 66.1. The van der Waals surface area contributed by atoms with Crippen molar-refractivity contribution in [3.05, 3.63) is 104 Å². The van der Waals surface area contributed by atoms with Gasteiger partial charge in [0.1, 0.15) is 17.4 Å². The predicted molar refractivity (Wildman–Crippen MR) is 203 cm³/mol. The van der Waals surface area contributed by atoms with Gasteiger partial charge in [-0.3, -0.25) is 14.4 Å². The monoisotopic (exact) mass is 808 g/mol. The number of ether oxygens (including phenoxy) is 1. The number of amides is 1. The Morgan fingerprint density at radius 2 is 1.61 bits per heavy atom. The van der Waals surface area contributed by atoms with E-state index in [1.165, 1.54) is 24.3 Å². The Bertz CT molecular complexity index is 2310. The third kappa shape index (κ3) is 9.60. The van der Waals surface area contributed by atoms with Crippen LogP contribution in [-0.4, -0.2) is 73.4 Å². The molecule has 2 aliphatic rings. The third-order valence-electron chi connectivity index (χ3n) is 9.80. The lowest BCUT2D eigenvalue weighted by Crippen LogP contribution is -2.43. The number of rotatable bonds is 19. The van der Waals surface area contributed by atoms with E-state index in [-0.39, 0.29) is 47.2 Å². The van der Waals surface area contributed by atoms with Crippen molar-refractivity contribution >= 4 is 52.4 Å². The summed E-state index contributed by atoms with van der Waals surface area (Å²) in [5.74, 6) is -2.19. The average Bonchev–Trinajstić information content (AvgIpc) is 4.08. The first-order chi connectivity index (χ1) is 27.2. The van der Waals surface area contributed by atoms with Crippen molar-refractivity contribution in [2.75, 3.05) is 41.0 Å². The van der Waals surface area contributed by atoms with Gasteiger partial charge in [-0.1, -0.05) is 23.7 Å². The number of halogens is 4. The quantitative estimate of drug-likeness (QED) is 0.0626. The molecule has 0 radical (unpaired) electrons. The normalized spacial score (nSPS) is 15.6. The molecule has 1 unspecified atom stereocenters. The van der Waals surface area contributed by atoms with Crippen LogP contribution in [0.1, 0.15) is 48.0 Å². The van der Waals surface area contributed by atoms with Gasteiger partial charge in [-0.05, 0) is 74.1 Å². The van der Waals surface area contributed by atoms with Crippen LogP contribution in [-0.2, 0) is 16.9 Å². The highest BCUT2D eigenvalue weighted by atomic mass is 35.5. The van der Waals surface area contributed by atoms with Crippen molar-refractivity contribution in [1.82, 2.24) is 29.8 Å². The average molecular weight is 809 g/mol. The zero-order valence-electron chi connectivity index (χ0n) is 30.0. The van der Waals surface area contributed by atoms with Gasteiger partial charge in [0.25, 0.3) is 16.8 Å². The molecule has 2 saturated carbocycles. The Hall–Kier alpha value is -6.24. The number of imidazole rings is 1. The molecule has 298 valence electrons. The fourth-order valence-corrected chi connectivity index (χ4v) is 6.41. The van der Waals surface area contributed by atoms with E-state index in [1.807, 2.05) is 22.9 Å². The molecule has 3 aromatic carbocycles. The number of hydrogen-bond donors (Lipinski definition) is 6. The van der Waals surface area contributed by atoms with Crippen LogP contribution in [0.3, 0.4) is 0 Å². The zero-order chi connectivity index (χ0) is 40.4. The third-order valence-corrected chi connectivity index (χ3v) is 10.1. The molecular formula is C37H36ClF3N10O6. The van der Waals surface area contributed by atoms with Gasteiger partial charge in [-0.25, -0.2) is 9.78 Å². The van der Waals surface area contributed by atoms with Crippen molar-refractivity contribution in [2.24, 2.45) is 5.41 Å². The highest BCUT2D eigenvalue weighted by Crippen LogP contribution is 2.48. The van der Waals surface area contributed by atoms with Gasteiger partial charge in [-0.15, -0.1) is 0 Å². The molecule has 1 atom stereocenters.